The van der Waals surface area contributed by atoms with E-state index in [1.807, 2.05) is 0 Å². The van der Waals surface area contributed by atoms with Crippen LogP contribution in [0.4, 0.5) is 14.5 Å². The van der Waals surface area contributed by atoms with E-state index in [0.717, 1.165) is 18.2 Å². The fourth-order valence-electron chi connectivity index (χ4n) is 1.81. The molecule has 0 saturated carbocycles. The lowest BCUT2D eigenvalue weighted by Gasteiger charge is -2.10. The first-order chi connectivity index (χ1) is 9.95. The number of ether oxygens (including phenoxy) is 1. The summed E-state index contributed by atoms with van der Waals surface area (Å²) < 4.78 is 30.9. The zero-order valence-corrected chi connectivity index (χ0v) is 10.8. The fourth-order valence-corrected chi connectivity index (χ4v) is 1.81. The van der Waals surface area contributed by atoms with Gasteiger partial charge in [0.2, 0.25) is 5.91 Å². The van der Waals surface area contributed by atoms with Crippen molar-refractivity contribution in [3.63, 3.8) is 0 Å². The molecule has 1 aliphatic heterocycles. The smallest absolute Gasteiger partial charge is 0.329 e. The molecule has 8 heteroatoms. The van der Waals surface area contributed by atoms with Crippen molar-refractivity contribution >= 4 is 23.5 Å². The van der Waals surface area contributed by atoms with Crippen molar-refractivity contribution in [1.82, 2.24) is 5.32 Å². The van der Waals surface area contributed by atoms with Gasteiger partial charge < -0.3 is 15.4 Å². The molecule has 0 aliphatic carbocycles. The molecule has 1 saturated heterocycles. The predicted octanol–water partition coefficient (Wildman–Crippen LogP) is 0.725. The third-order valence-electron chi connectivity index (χ3n) is 2.83. The zero-order chi connectivity index (χ0) is 15.4. The third-order valence-corrected chi connectivity index (χ3v) is 2.83. The molecule has 0 unspecified atom stereocenters. The molecule has 1 aromatic rings. The number of esters is 1. The lowest BCUT2D eigenvalue weighted by atomic mass is 10.2. The van der Waals surface area contributed by atoms with Gasteiger partial charge in [-0.1, -0.05) is 0 Å². The van der Waals surface area contributed by atoms with Gasteiger partial charge in [0.05, 0.1) is 5.69 Å². The number of anilines is 1. The first kappa shape index (κ1) is 14.9. The summed E-state index contributed by atoms with van der Waals surface area (Å²) in [5, 5.41) is 4.48. The summed E-state index contributed by atoms with van der Waals surface area (Å²) in [4.78, 5) is 33.9. The fraction of sp³-hybridized carbons (Fsp3) is 0.308. The minimum Gasteiger partial charge on any atom is -0.454 e. The number of amides is 2. The van der Waals surface area contributed by atoms with Crippen molar-refractivity contribution in [2.24, 2.45) is 0 Å². The summed E-state index contributed by atoms with van der Waals surface area (Å²) in [5.74, 6) is -3.33. The topological polar surface area (TPSA) is 84.5 Å². The lowest BCUT2D eigenvalue weighted by molar-refractivity contribution is -0.149. The molecule has 6 nitrogen and oxygen atoms in total. The van der Waals surface area contributed by atoms with Crippen LogP contribution in [0.1, 0.15) is 12.8 Å². The summed E-state index contributed by atoms with van der Waals surface area (Å²) in [7, 11) is 0. The lowest BCUT2D eigenvalue weighted by Crippen LogP contribution is -2.36. The standard InChI is InChI=1S/C13H12F2N2O4/c14-7-1-2-8(15)10(5-7)17-12(19)6-21-13(20)9-3-4-11(18)16-9/h1-2,5,9H,3-4,6H2,(H,16,18)(H,17,19)/t9-/m1/s1. The van der Waals surface area contributed by atoms with Gasteiger partial charge in [-0.05, 0) is 18.6 Å². The first-order valence-corrected chi connectivity index (χ1v) is 6.16. The Labute approximate surface area is 118 Å². The van der Waals surface area contributed by atoms with Gasteiger partial charge in [0.1, 0.15) is 17.7 Å². The van der Waals surface area contributed by atoms with Gasteiger partial charge in [0, 0.05) is 12.5 Å². The molecule has 2 rings (SSSR count). The number of nitrogens with one attached hydrogen (secondary N) is 2. The highest BCUT2D eigenvalue weighted by atomic mass is 19.1. The van der Waals surface area contributed by atoms with Crippen LogP contribution < -0.4 is 10.6 Å². The van der Waals surface area contributed by atoms with Gasteiger partial charge in [0.15, 0.2) is 6.61 Å². The Morgan fingerprint density at radius 1 is 1.38 bits per heavy atom. The monoisotopic (exact) mass is 298 g/mol. The zero-order valence-electron chi connectivity index (χ0n) is 10.8. The molecule has 0 aromatic heterocycles. The van der Waals surface area contributed by atoms with Crippen LogP contribution in [0.15, 0.2) is 18.2 Å². The van der Waals surface area contributed by atoms with E-state index in [9.17, 15) is 23.2 Å². The maximum absolute atomic E-state index is 13.3. The van der Waals surface area contributed by atoms with Crippen molar-refractivity contribution in [2.45, 2.75) is 18.9 Å². The SMILES string of the molecule is O=C(COC(=O)[C@H]1CCC(=O)N1)Nc1cc(F)ccc1F. The molecule has 0 radical (unpaired) electrons. The van der Waals surface area contributed by atoms with Crippen LogP contribution in [0.25, 0.3) is 0 Å². The second-order valence-electron chi connectivity index (χ2n) is 4.44. The van der Waals surface area contributed by atoms with Crippen LogP contribution in [0.3, 0.4) is 0 Å². The number of carbonyl (C=O) groups is 3. The third kappa shape index (κ3) is 3.98. The van der Waals surface area contributed by atoms with Gasteiger partial charge in [-0.3, -0.25) is 9.59 Å². The van der Waals surface area contributed by atoms with Crippen LogP contribution >= 0.6 is 0 Å². The number of hydrogen-bond acceptors (Lipinski definition) is 4. The maximum atomic E-state index is 13.3. The van der Waals surface area contributed by atoms with Crippen molar-refractivity contribution in [2.75, 3.05) is 11.9 Å². The molecule has 112 valence electrons. The van der Waals surface area contributed by atoms with Crippen LogP contribution in [0.5, 0.6) is 0 Å². The van der Waals surface area contributed by atoms with Crippen LogP contribution in [0.2, 0.25) is 0 Å². The molecule has 0 bridgehead atoms. The average molecular weight is 298 g/mol. The van der Waals surface area contributed by atoms with Gasteiger partial charge in [-0.25, -0.2) is 13.6 Å². The molecular formula is C13H12F2N2O4. The van der Waals surface area contributed by atoms with Crippen molar-refractivity contribution in [1.29, 1.82) is 0 Å². The van der Waals surface area contributed by atoms with Crippen LogP contribution in [0, 0.1) is 11.6 Å². The predicted molar refractivity (Wildman–Crippen MR) is 67.1 cm³/mol. The Bertz CT molecular complexity index is 592. The first-order valence-electron chi connectivity index (χ1n) is 6.16. The Morgan fingerprint density at radius 3 is 2.81 bits per heavy atom. The van der Waals surface area contributed by atoms with Crippen molar-refractivity contribution in [3.05, 3.63) is 29.8 Å². The van der Waals surface area contributed by atoms with Gasteiger partial charge in [-0.15, -0.1) is 0 Å². The summed E-state index contributed by atoms with van der Waals surface area (Å²) in [6, 6.07) is 1.82. The van der Waals surface area contributed by atoms with E-state index in [-0.39, 0.29) is 18.0 Å². The van der Waals surface area contributed by atoms with E-state index in [2.05, 4.69) is 10.6 Å². The van der Waals surface area contributed by atoms with Crippen molar-refractivity contribution in [3.8, 4) is 0 Å². The Balaban J connectivity index is 1.83. The highest BCUT2D eigenvalue weighted by Gasteiger charge is 2.28. The highest BCUT2D eigenvalue weighted by molar-refractivity contribution is 5.94. The summed E-state index contributed by atoms with van der Waals surface area (Å²) in [6.45, 7) is -0.652. The largest absolute Gasteiger partial charge is 0.454 e. The second kappa shape index (κ2) is 6.29. The van der Waals surface area contributed by atoms with E-state index in [4.69, 9.17) is 4.74 Å². The molecule has 1 fully saturated rings. The Hall–Kier alpha value is -2.51. The summed E-state index contributed by atoms with van der Waals surface area (Å²) >= 11 is 0. The molecule has 1 aromatic carbocycles. The van der Waals surface area contributed by atoms with E-state index >= 15 is 0 Å². The number of halogens is 2. The second-order valence-corrected chi connectivity index (χ2v) is 4.44. The van der Waals surface area contributed by atoms with Crippen LogP contribution in [-0.2, 0) is 19.1 Å². The molecule has 21 heavy (non-hydrogen) atoms. The maximum Gasteiger partial charge on any atom is 0.329 e. The molecule has 2 N–H and O–H groups in total. The minimum absolute atomic E-state index is 0.223. The van der Waals surface area contributed by atoms with Gasteiger partial charge in [0.25, 0.3) is 5.91 Å². The molecule has 2 amide bonds. The summed E-state index contributed by atoms with van der Waals surface area (Å²) in [5.41, 5.74) is -0.342. The van der Waals surface area contributed by atoms with Crippen molar-refractivity contribution < 1.29 is 27.9 Å². The number of carbonyl (C=O) groups excluding carboxylic acids is 3. The molecule has 1 atom stereocenters. The average Bonchev–Trinajstić information content (AvgIpc) is 2.87. The van der Waals surface area contributed by atoms with E-state index in [1.54, 1.807) is 0 Å². The van der Waals surface area contributed by atoms with Gasteiger partial charge in [-0.2, -0.15) is 0 Å². The van der Waals surface area contributed by atoms with E-state index < -0.39 is 36.2 Å². The molecule has 0 spiro atoms. The summed E-state index contributed by atoms with van der Waals surface area (Å²) in [6.07, 6.45) is 0.526. The van der Waals surface area contributed by atoms with Crippen LogP contribution in [-0.4, -0.2) is 30.4 Å². The molecule has 1 aliphatic rings. The Kier molecular flexibility index (Phi) is 4.46. The van der Waals surface area contributed by atoms with E-state index in [0.29, 0.717) is 6.42 Å². The molecular weight excluding hydrogens is 286 g/mol. The molecule has 1 heterocycles. The highest BCUT2D eigenvalue weighted by Crippen LogP contribution is 2.15. The normalized spacial score (nSPS) is 17.2. The number of rotatable bonds is 4. The van der Waals surface area contributed by atoms with E-state index in [1.165, 1.54) is 0 Å². The Morgan fingerprint density at radius 2 is 2.14 bits per heavy atom. The number of benzene rings is 1. The number of hydrogen-bond donors (Lipinski definition) is 2. The quantitative estimate of drug-likeness (QED) is 0.802. The van der Waals surface area contributed by atoms with Gasteiger partial charge >= 0.3 is 5.97 Å². The minimum atomic E-state index is -0.808.